The number of nitrogens with zero attached hydrogens (tertiary/aromatic N) is 3. The molecule has 4 heteroatoms. The average Bonchev–Trinajstić information content (AvgIpc) is 2.28. The van der Waals surface area contributed by atoms with Crippen molar-refractivity contribution < 1.29 is 0 Å². The number of nitriles is 1. The molecule has 2 rings (SSSR count). The highest BCUT2D eigenvalue weighted by Crippen LogP contribution is 2.22. The van der Waals surface area contributed by atoms with Crippen molar-refractivity contribution in [1.29, 1.82) is 5.26 Å². The van der Waals surface area contributed by atoms with Gasteiger partial charge >= 0.3 is 0 Å². The van der Waals surface area contributed by atoms with Gasteiger partial charge in [-0.1, -0.05) is 0 Å². The Morgan fingerprint density at radius 1 is 1.53 bits per heavy atom. The van der Waals surface area contributed by atoms with Crippen LogP contribution in [-0.4, -0.2) is 30.7 Å². The monoisotopic (exact) mass is 230 g/mol. The SMILES string of the molecule is Cc1cc(C)c(C#N)c(N2CCN[C@@H](C)C2)n1. The van der Waals surface area contributed by atoms with Gasteiger partial charge < -0.3 is 10.2 Å². The first-order chi connectivity index (χ1) is 8.11. The number of anilines is 1. The molecule has 4 nitrogen and oxygen atoms in total. The standard InChI is InChI=1S/C13H18N4/c1-9-6-10(2)16-13(12(9)7-14)17-5-4-15-11(3)8-17/h6,11,15H,4-5,8H2,1-3H3/t11-/m0/s1. The second-order valence-corrected chi connectivity index (χ2v) is 4.69. The molecule has 1 aromatic rings. The summed E-state index contributed by atoms with van der Waals surface area (Å²) in [5.74, 6) is 0.846. The van der Waals surface area contributed by atoms with Crippen molar-refractivity contribution in [2.45, 2.75) is 26.8 Å². The highest BCUT2D eigenvalue weighted by molar-refractivity contribution is 5.58. The highest BCUT2D eigenvalue weighted by atomic mass is 15.2. The summed E-state index contributed by atoms with van der Waals surface area (Å²) in [4.78, 5) is 6.75. The molecule has 0 unspecified atom stereocenters. The van der Waals surface area contributed by atoms with Gasteiger partial charge in [-0.2, -0.15) is 5.26 Å². The number of rotatable bonds is 1. The van der Waals surface area contributed by atoms with Gasteiger partial charge in [0.2, 0.25) is 0 Å². The zero-order valence-electron chi connectivity index (χ0n) is 10.6. The summed E-state index contributed by atoms with van der Waals surface area (Å²) < 4.78 is 0. The zero-order chi connectivity index (χ0) is 12.4. The fraction of sp³-hybridized carbons (Fsp3) is 0.538. The van der Waals surface area contributed by atoms with Gasteiger partial charge in [0.1, 0.15) is 11.9 Å². The van der Waals surface area contributed by atoms with E-state index in [0.29, 0.717) is 11.6 Å². The Kier molecular flexibility index (Phi) is 3.30. The van der Waals surface area contributed by atoms with Crippen LogP contribution in [0.3, 0.4) is 0 Å². The number of hydrogen-bond donors (Lipinski definition) is 1. The maximum Gasteiger partial charge on any atom is 0.147 e. The van der Waals surface area contributed by atoms with Gasteiger partial charge in [0, 0.05) is 31.4 Å². The van der Waals surface area contributed by atoms with Gasteiger partial charge in [0.15, 0.2) is 0 Å². The summed E-state index contributed by atoms with van der Waals surface area (Å²) >= 11 is 0. The van der Waals surface area contributed by atoms with Crippen LogP contribution in [0.1, 0.15) is 23.7 Å². The van der Waals surface area contributed by atoms with E-state index in [1.807, 2.05) is 19.9 Å². The molecule has 1 saturated heterocycles. The molecule has 0 bridgehead atoms. The molecule has 1 aliphatic heterocycles. The van der Waals surface area contributed by atoms with Gasteiger partial charge in [-0.05, 0) is 32.4 Å². The largest absolute Gasteiger partial charge is 0.353 e. The lowest BCUT2D eigenvalue weighted by Crippen LogP contribution is -2.49. The average molecular weight is 230 g/mol. The van der Waals surface area contributed by atoms with Crippen LogP contribution >= 0.6 is 0 Å². The smallest absolute Gasteiger partial charge is 0.147 e. The lowest BCUT2D eigenvalue weighted by Gasteiger charge is -2.33. The molecule has 1 aliphatic rings. The second kappa shape index (κ2) is 4.72. The molecule has 90 valence electrons. The van der Waals surface area contributed by atoms with E-state index < -0.39 is 0 Å². The quantitative estimate of drug-likeness (QED) is 0.791. The third-order valence-corrected chi connectivity index (χ3v) is 3.11. The molecule has 0 radical (unpaired) electrons. The molecule has 0 spiro atoms. The number of nitrogens with one attached hydrogen (secondary N) is 1. The molecule has 1 atom stereocenters. The Hall–Kier alpha value is -1.60. The van der Waals surface area contributed by atoms with Crippen LogP contribution in [0.25, 0.3) is 0 Å². The first kappa shape index (κ1) is 11.9. The summed E-state index contributed by atoms with van der Waals surface area (Å²) in [5.41, 5.74) is 2.70. The van der Waals surface area contributed by atoms with E-state index in [0.717, 1.165) is 36.7 Å². The first-order valence-corrected chi connectivity index (χ1v) is 5.98. The van der Waals surface area contributed by atoms with Crippen molar-refractivity contribution in [3.8, 4) is 6.07 Å². The van der Waals surface area contributed by atoms with Crippen molar-refractivity contribution in [3.05, 3.63) is 22.9 Å². The second-order valence-electron chi connectivity index (χ2n) is 4.69. The minimum Gasteiger partial charge on any atom is -0.353 e. The summed E-state index contributed by atoms with van der Waals surface area (Å²) in [6.45, 7) is 8.87. The fourth-order valence-electron chi connectivity index (χ4n) is 2.31. The van der Waals surface area contributed by atoms with Gasteiger partial charge in [0.05, 0.1) is 5.56 Å². The number of hydrogen-bond acceptors (Lipinski definition) is 4. The van der Waals surface area contributed by atoms with Crippen LogP contribution in [0.4, 0.5) is 5.82 Å². The molecular weight excluding hydrogens is 212 g/mol. The predicted molar refractivity (Wildman–Crippen MR) is 68.1 cm³/mol. The highest BCUT2D eigenvalue weighted by Gasteiger charge is 2.20. The van der Waals surface area contributed by atoms with Crippen LogP contribution < -0.4 is 10.2 Å². The summed E-state index contributed by atoms with van der Waals surface area (Å²) in [7, 11) is 0. The van der Waals surface area contributed by atoms with Crippen LogP contribution in [0.5, 0.6) is 0 Å². The molecule has 2 heterocycles. The molecule has 0 aliphatic carbocycles. The number of piperazine rings is 1. The maximum absolute atomic E-state index is 9.25. The minimum absolute atomic E-state index is 0.443. The Morgan fingerprint density at radius 2 is 2.29 bits per heavy atom. The van der Waals surface area contributed by atoms with E-state index in [4.69, 9.17) is 0 Å². The molecule has 0 aromatic carbocycles. The molecule has 1 aromatic heterocycles. The van der Waals surface area contributed by atoms with Crippen LogP contribution in [0, 0.1) is 25.2 Å². The van der Waals surface area contributed by atoms with Gasteiger partial charge in [-0.25, -0.2) is 4.98 Å². The molecule has 1 N–H and O–H groups in total. The van der Waals surface area contributed by atoms with E-state index in [9.17, 15) is 5.26 Å². The van der Waals surface area contributed by atoms with E-state index in [1.165, 1.54) is 0 Å². The summed E-state index contributed by atoms with van der Waals surface area (Å²) in [5, 5.41) is 12.7. The van der Waals surface area contributed by atoms with Gasteiger partial charge in [0.25, 0.3) is 0 Å². The predicted octanol–water partition coefficient (Wildman–Crippen LogP) is 1.37. The van der Waals surface area contributed by atoms with Crippen LogP contribution in [-0.2, 0) is 0 Å². The van der Waals surface area contributed by atoms with Gasteiger partial charge in [-0.3, -0.25) is 0 Å². The third-order valence-electron chi connectivity index (χ3n) is 3.11. The van der Waals surface area contributed by atoms with E-state index in [2.05, 4.69) is 28.2 Å². The van der Waals surface area contributed by atoms with E-state index in [-0.39, 0.29) is 0 Å². The fourth-order valence-corrected chi connectivity index (χ4v) is 2.31. The molecule has 1 fully saturated rings. The first-order valence-electron chi connectivity index (χ1n) is 5.98. The van der Waals surface area contributed by atoms with Crippen LogP contribution in [0.2, 0.25) is 0 Å². The van der Waals surface area contributed by atoms with Crippen LogP contribution in [0.15, 0.2) is 6.07 Å². The van der Waals surface area contributed by atoms with Crippen molar-refractivity contribution in [1.82, 2.24) is 10.3 Å². The Balaban J connectivity index is 2.40. The van der Waals surface area contributed by atoms with E-state index >= 15 is 0 Å². The number of pyridine rings is 1. The lowest BCUT2D eigenvalue weighted by molar-refractivity contribution is 0.482. The topological polar surface area (TPSA) is 52.0 Å². The normalized spacial score (nSPS) is 20.1. The van der Waals surface area contributed by atoms with Crippen molar-refractivity contribution in [2.75, 3.05) is 24.5 Å². The number of aromatic nitrogens is 1. The molecule has 0 amide bonds. The Morgan fingerprint density at radius 3 is 2.94 bits per heavy atom. The summed E-state index contributed by atoms with van der Waals surface area (Å²) in [6, 6.07) is 4.69. The van der Waals surface area contributed by atoms with Gasteiger partial charge in [-0.15, -0.1) is 0 Å². The van der Waals surface area contributed by atoms with Crippen molar-refractivity contribution in [3.63, 3.8) is 0 Å². The molecule has 0 saturated carbocycles. The van der Waals surface area contributed by atoms with Crippen molar-refractivity contribution in [2.24, 2.45) is 0 Å². The Labute approximate surface area is 102 Å². The van der Waals surface area contributed by atoms with Crippen molar-refractivity contribution >= 4 is 5.82 Å². The summed E-state index contributed by atoms with van der Waals surface area (Å²) in [6.07, 6.45) is 0. The molecular formula is C13H18N4. The molecule has 17 heavy (non-hydrogen) atoms. The number of aryl methyl sites for hydroxylation is 2. The van der Waals surface area contributed by atoms with E-state index in [1.54, 1.807) is 0 Å². The minimum atomic E-state index is 0.443. The Bertz CT molecular complexity index is 461. The zero-order valence-corrected chi connectivity index (χ0v) is 10.6. The third kappa shape index (κ3) is 2.40. The maximum atomic E-state index is 9.25. The lowest BCUT2D eigenvalue weighted by atomic mass is 10.1.